The largest absolute Gasteiger partial charge is 0.478 e. The van der Waals surface area contributed by atoms with E-state index < -0.39 is 5.97 Å². The third kappa shape index (κ3) is 4.70. The minimum absolute atomic E-state index is 0.0180. The molecule has 2 N–H and O–H groups in total. The second-order valence-electron chi connectivity index (χ2n) is 10.2. The first-order valence-electron chi connectivity index (χ1n) is 13.0. The number of fused-ring (bicyclic) bond motifs is 1. The molecule has 0 amide bonds. The zero-order valence-corrected chi connectivity index (χ0v) is 21.5. The fourth-order valence-electron chi connectivity index (χ4n) is 5.63. The number of para-hydroxylation sites is 2. The predicted molar refractivity (Wildman–Crippen MR) is 150 cm³/mol. The lowest BCUT2D eigenvalue weighted by Crippen LogP contribution is -2.20. The average Bonchev–Trinajstić information content (AvgIpc) is 3.69. The second kappa shape index (κ2) is 10.1. The minimum atomic E-state index is -1.11. The minimum Gasteiger partial charge on any atom is -0.478 e. The molecular formula is C32H27ClN2O3. The van der Waals surface area contributed by atoms with Crippen LogP contribution < -0.4 is 0 Å². The zero-order valence-electron chi connectivity index (χ0n) is 20.7. The number of allylic oxidation sites excluding steroid dienone is 4. The Labute approximate surface area is 225 Å². The van der Waals surface area contributed by atoms with E-state index in [0.29, 0.717) is 51.4 Å². The van der Waals surface area contributed by atoms with Crippen molar-refractivity contribution in [3.63, 3.8) is 0 Å². The molecule has 0 saturated heterocycles. The lowest BCUT2D eigenvalue weighted by atomic mass is 9.79. The van der Waals surface area contributed by atoms with Gasteiger partial charge in [0.25, 0.3) is 0 Å². The summed E-state index contributed by atoms with van der Waals surface area (Å²) in [5, 5.41) is 10.6. The number of ketones is 1. The number of carbonyl (C=O) groups excluding carboxylic acids is 1. The topological polar surface area (TPSA) is 83.0 Å². The van der Waals surface area contributed by atoms with Crippen molar-refractivity contribution in [1.29, 1.82) is 0 Å². The lowest BCUT2D eigenvalue weighted by molar-refractivity contribution is 0.0697. The summed E-state index contributed by atoms with van der Waals surface area (Å²) in [6.45, 7) is 0. The first-order valence-corrected chi connectivity index (χ1v) is 13.4. The Balaban J connectivity index is 1.37. The van der Waals surface area contributed by atoms with Crippen LogP contribution in [0.4, 0.5) is 0 Å². The summed E-state index contributed by atoms with van der Waals surface area (Å²) in [6, 6.07) is 18.1. The molecular weight excluding hydrogens is 496 g/mol. The molecule has 1 fully saturated rings. The highest BCUT2D eigenvalue weighted by molar-refractivity contribution is 6.34. The van der Waals surface area contributed by atoms with Crippen LogP contribution in [-0.2, 0) is 0 Å². The Hall–Kier alpha value is -3.96. The second-order valence-corrected chi connectivity index (χ2v) is 10.6. The molecule has 1 aromatic heterocycles. The highest BCUT2D eigenvalue weighted by Crippen LogP contribution is 2.45. The number of nitrogens with zero attached hydrogens (tertiary/aromatic N) is 1. The number of aromatic carboxylic acids is 1. The van der Waals surface area contributed by atoms with E-state index in [1.807, 2.05) is 36.4 Å². The van der Waals surface area contributed by atoms with Crippen molar-refractivity contribution in [3.05, 3.63) is 101 Å². The number of Topliss-reactive ketones (excluding diaryl/α,β-unsaturated/α-hetero) is 1. The van der Waals surface area contributed by atoms with E-state index in [-0.39, 0.29) is 17.3 Å². The van der Waals surface area contributed by atoms with Crippen LogP contribution in [0.15, 0.2) is 85.0 Å². The van der Waals surface area contributed by atoms with Gasteiger partial charge in [0.2, 0.25) is 0 Å². The number of hydrogen-bond donors (Lipinski definition) is 2. The van der Waals surface area contributed by atoms with Gasteiger partial charge in [-0.2, -0.15) is 0 Å². The Morgan fingerprint density at radius 1 is 1.03 bits per heavy atom. The third-order valence-corrected chi connectivity index (χ3v) is 8.03. The van der Waals surface area contributed by atoms with Gasteiger partial charge in [-0.15, -0.1) is 0 Å². The van der Waals surface area contributed by atoms with Gasteiger partial charge >= 0.3 is 5.97 Å². The molecule has 1 saturated carbocycles. The van der Waals surface area contributed by atoms with Crippen molar-refractivity contribution in [2.75, 3.05) is 0 Å². The molecule has 6 rings (SSSR count). The van der Waals surface area contributed by atoms with Crippen LogP contribution in [0.3, 0.4) is 0 Å². The van der Waals surface area contributed by atoms with E-state index in [2.05, 4.69) is 29.3 Å². The van der Waals surface area contributed by atoms with E-state index in [0.717, 1.165) is 30.3 Å². The number of hydrogen-bond acceptors (Lipinski definition) is 3. The van der Waals surface area contributed by atoms with Gasteiger partial charge in [0.05, 0.1) is 16.6 Å². The number of aromatic nitrogens is 2. The molecule has 2 aliphatic carbocycles. The maximum Gasteiger partial charge on any atom is 0.336 e. The van der Waals surface area contributed by atoms with Crippen LogP contribution in [0.25, 0.3) is 33.5 Å². The predicted octanol–water partition coefficient (Wildman–Crippen LogP) is 7.98. The van der Waals surface area contributed by atoms with Crippen molar-refractivity contribution < 1.29 is 14.7 Å². The van der Waals surface area contributed by atoms with Gasteiger partial charge in [0, 0.05) is 28.1 Å². The quantitative estimate of drug-likeness (QED) is 0.230. The van der Waals surface area contributed by atoms with Crippen molar-refractivity contribution in [2.45, 2.75) is 25.7 Å². The molecule has 4 aromatic rings. The number of imidazole rings is 1. The Kier molecular flexibility index (Phi) is 6.46. The standard InChI is InChI=1S/C32H27ClN2O3/c33-26-10-6-9-23(31-34-27-11-4-5-12-28(27)35-31)30(26)22-16-15-21(17-25(22)32(37)38)29(36)18-24(20-13-14-20)19-7-2-1-3-8-19/h1-7,9-12,15-17,19-20,24H,8,13-14,18H2,(H,34,35)(H,37,38). The van der Waals surface area contributed by atoms with Crippen LogP contribution in [0, 0.1) is 17.8 Å². The van der Waals surface area contributed by atoms with Crippen molar-refractivity contribution in [3.8, 4) is 22.5 Å². The Morgan fingerprint density at radius 3 is 2.61 bits per heavy atom. The summed E-state index contributed by atoms with van der Waals surface area (Å²) < 4.78 is 0. The number of benzene rings is 3. The fourth-order valence-corrected chi connectivity index (χ4v) is 5.91. The summed E-state index contributed by atoms with van der Waals surface area (Å²) in [4.78, 5) is 33.9. The van der Waals surface area contributed by atoms with Gasteiger partial charge in [-0.1, -0.05) is 72.3 Å². The van der Waals surface area contributed by atoms with E-state index >= 15 is 0 Å². The number of nitrogens with one attached hydrogen (secondary N) is 1. The number of rotatable bonds is 8. The normalized spacial score (nSPS) is 17.6. The number of carboxylic acid groups (broad SMARTS) is 1. The van der Waals surface area contributed by atoms with Gasteiger partial charge in [-0.3, -0.25) is 4.79 Å². The number of aromatic amines is 1. The zero-order chi connectivity index (χ0) is 26.2. The molecule has 38 heavy (non-hydrogen) atoms. The van der Waals surface area contributed by atoms with Crippen molar-refractivity contribution in [1.82, 2.24) is 9.97 Å². The van der Waals surface area contributed by atoms with E-state index in [1.54, 1.807) is 18.2 Å². The average molecular weight is 523 g/mol. The molecule has 1 heterocycles. The Morgan fingerprint density at radius 2 is 1.87 bits per heavy atom. The Bertz CT molecular complexity index is 1580. The van der Waals surface area contributed by atoms with Crippen LogP contribution in [0.5, 0.6) is 0 Å². The summed E-state index contributed by atoms with van der Waals surface area (Å²) in [6.07, 6.45) is 12.2. The lowest BCUT2D eigenvalue weighted by Gasteiger charge is -2.24. The van der Waals surface area contributed by atoms with Gasteiger partial charge in [-0.25, -0.2) is 9.78 Å². The molecule has 0 aliphatic heterocycles. The van der Waals surface area contributed by atoms with E-state index in [1.165, 1.54) is 6.07 Å². The van der Waals surface area contributed by atoms with Gasteiger partial charge in [-0.05, 0) is 66.8 Å². The molecule has 3 aromatic carbocycles. The summed E-state index contributed by atoms with van der Waals surface area (Å²) >= 11 is 6.67. The molecule has 6 heteroatoms. The third-order valence-electron chi connectivity index (χ3n) is 7.71. The van der Waals surface area contributed by atoms with Gasteiger partial charge < -0.3 is 10.1 Å². The summed E-state index contributed by atoms with van der Waals surface area (Å²) in [5.74, 6) is 0.665. The SMILES string of the molecule is O=C(CC(C1C=CC=CC1)C1CC1)c1ccc(-c2c(Cl)cccc2-c2nc3ccccc3[nH]2)c(C(=O)O)c1. The van der Waals surface area contributed by atoms with Crippen LogP contribution in [0.2, 0.25) is 5.02 Å². The number of H-pyrrole nitrogens is 1. The molecule has 5 nitrogen and oxygen atoms in total. The molecule has 0 bridgehead atoms. The molecule has 0 radical (unpaired) electrons. The smallest absolute Gasteiger partial charge is 0.336 e. The van der Waals surface area contributed by atoms with Gasteiger partial charge in [0.1, 0.15) is 5.82 Å². The van der Waals surface area contributed by atoms with Crippen LogP contribution in [-0.4, -0.2) is 26.8 Å². The highest BCUT2D eigenvalue weighted by Gasteiger charge is 2.37. The monoisotopic (exact) mass is 522 g/mol. The van der Waals surface area contributed by atoms with Gasteiger partial charge in [0.15, 0.2) is 5.78 Å². The molecule has 2 unspecified atom stereocenters. The summed E-state index contributed by atoms with van der Waals surface area (Å²) in [7, 11) is 0. The van der Waals surface area contributed by atoms with Crippen molar-refractivity contribution in [2.24, 2.45) is 17.8 Å². The maximum absolute atomic E-state index is 13.4. The van der Waals surface area contributed by atoms with Crippen LogP contribution in [0.1, 0.15) is 46.4 Å². The fraction of sp³-hybridized carbons (Fsp3) is 0.219. The molecule has 0 spiro atoms. The molecule has 2 atom stereocenters. The molecule has 2 aliphatic rings. The summed E-state index contributed by atoms with van der Waals surface area (Å²) in [5.41, 5.74) is 3.87. The number of carbonyl (C=O) groups is 2. The number of carboxylic acids is 1. The molecule has 190 valence electrons. The van der Waals surface area contributed by atoms with E-state index in [9.17, 15) is 14.7 Å². The first kappa shape index (κ1) is 24.4. The maximum atomic E-state index is 13.4. The highest BCUT2D eigenvalue weighted by atomic mass is 35.5. The van der Waals surface area contributed by atoms with E-state index in [4.69, 9.17) is 16.6 Å². The van der Waals surface area contributed by atoms with Crippen LogP contribution >= 0.6 is 11.6 Å². The first-order chi connectivity index (χ1) is 18.5. The number of halogens is 1. The van der Waals surface area contributed by atoms with Crippen molar-refractivity contribution >= 4 is 34.4 Å².